The molecule has 8 heteroatoms. The third-order valence-electron chi connectivity index (χ3n) is 4.80. The maximum atomic E-state index is 13.3. The first-order chi connectivity index (χ1) is 14.5. The fourth-order valence-electron chi connectivity index (χ4n) is 3.44. The monoisotopic (exact) mass is 447 g/mol. The van der Waals surface area contributed by atoms with Gasteiger partial charge in [0.15, 0.2) is 5.16 Å². The fraction of sp³-hybridized carbons (Fsp3) is 0.304. The van der Waals surface area contributed by atoms with Gasteiger partial charge in [0.2, 0.25) is 5.91 Å². The highest BCUT2D eigenvalue weighted by molar-refractivity contribution is 8.00. The first kappa shape index (κ1) is 22.9. The normalized spacial score (nSPS) is 12.6. The number of hydrogen-bond donors (Lipinski definition) is 1. The average molecular weight is 448 g/mol. The number of benzene rings is 2. The van der Waals surface area contributed by atoms with Gasteiger partial charge in [0.1, 0.15) is 6.54 Å². The molecule has 0 aliphatic carbocycles. The van der Waals surface area contributed by atoms with Gasteiger partial charge in [0, 0.05) is 5.69 Å². The lowest BCUT2D eigenvalue weighted by Crippen LogP contribution is -2.25. The zero-order valence-corrected chi connectivity index (χ0v) is 18.6. The number of rotatable bonds is 6. The van der Waals surface area contributed by atoms with E-state index in [1.807, 2.05) is 32.9 Å². The summed E-state index contributed by atoms with van der Waals surface area (Å²) < 4.78 is 40.9. The summed E-state index contributed by atoms with van der Waals surface area (Å²) in [6.07, 6.45) is -3.00. The van der Waals surface area contributed by atoms with E-state index in [1.54, 1.807) is 37.3 Å². The van der Waals surface area contributed by atoms with Crippen molar-refractivity contribution in [2.24, 2.45) is 0 Å². The fourth-order valence-corrected chi connectivity index (χ4v) is 4.32. The van der Waals surface area contributed by atoms with Crippen LogP contribution < -0.4 is 5.32 Å². The molecule has 0 spiro atoms. The predicted octanol–water partition coefficient (Wildman–Crippen LogP) is 6.16. The van der Waals surface area contributed by atoms with Crippen LogP contribution in [0.3, 0.4) is 0 Å². The maximum absolute atomic E-state index is 13.3. The van der Waals surface area contributed by atoms with E-state index < -0.39 is 18.0 Å². The number of halogens is 3. The smallest absolute Gasteiger partial charge is 0.325 e. The van der Waals surface area contributed by atoms with Gasteiger partial charge in [-0.25, -0.2) is 4.98 Å². The summed E-state index contributed by atoms with van der Waals surface area (Å²) >= 11 is 1.01. The van der Waals surface area contributed by atoms with Crippen molar-refractivity contribution in [1.82, 2.24) is 9.55 Å². The number of alkyl halides is 3. The highest BCUT2D eigenvalue weighted by atomic mass is 32.2. The first-order valence-electron chi connectivity index (χ1n) is 9.78. The minimum atomic E-state index is -4.42. The largest absolute Gasteiger partial charge is 0.406 e. The number of nitrogens with zero attached hydrogens (tertiary/aromatic N) is 2. The van der Waals surface area contributed by atoms with Crippen LogP contribution in [0.2, 0.25) is 0 Å². The number of anilines is 1. The molecule has 1 N–H and O–H groups in total. The summed E-state index contributed by atoms with van der Waals surface area (Å²) in [5.74, 6) is -0.289. The minimum absolute atomic E-state index is 0.149. The molecule has 0 fully saturated rings. The number of hydrogen-bond acceptors (Lipinski definition) is 3. The van der Waals surface area contributed by atoms with E-state index in [0.29, 0.717) is 11.3 Å². The van der Waals surface area contributed by atoms with Gasteiger partial charge in [-0.05, 0) is 44.4 Å². The molecule has 1 amide bonds. The third kappa shape index (κ3) is 5.70. The summed E-state index contributed by atoms with van der Waals surface area (Å²) in [7, 11) is 0. The maximum Gasteiger partial charge on any atom is 0.406 e. The van der Waals surface area contributed by atoms with Gasteiger partial charge < -0.3 is 9.88 Å². The molecule has 0 radical (unpaired) electrons. The number of imidazole rings is 1. The topological polar surface area (TPSA) is 46.9 Å². The van der Waals surface area contributed by atoms with Gasteiger partial charge in [-0.15, -0.1) is 0 Å². The van der Waals surface area contributed by atoms with Crippen molar-refractivity contribution in [2.75, 3.05) is 5.32 Å². The van der Waals surface area contributed by atoms with Crippen molar-refractivity contribution in [3.63, 3.8) is 0 Å². The molecule has 164 valence electrons. The second kappa shape index (κ2) is 9.18. The molecular weight excluding hydrogens is 423 g/mol. The Morgan fingerprint density at radius 3 is 2.32 bits per heavy atom. The Kier molecular flexibility index (Phi) is 6.79. The van der Waals surface area contributed by atoms with Crippen LogP contribution in [0.4, 0.5) is 18.9 Å². The van der Waals surface area contributed by atoms with Gasteiger partial charge >= 0.3 is 6.18 Å². The second-order valence-corrected chi connectivity index (χ2v) is 8.82. The van der Waals surface area contributed by atoms with Crippen LogP contribution in [0.1, 0.15) is 23.6 Å². The molecule has 0 saturated carbocycles. The van der Waals surface area contributed by atoms with E-state index >= 15 is 0 Å². The molecule has 0 bridgehead atoms. The summed E-state index contributed by atoms with van der Waals surface area (Å²) in [6, 6.07) is 12.7. The van der Waals surface area contributed by atoms with Crippen LogP contribution in [0.5, 0.6) is 0 Å². The molecule has 4 nitrogen and oxygen atoms in total. The van der Waals surface area contributed by atoms with Crippen molar-refractivity contribution in [1.29, 1.82) is 0 Å². The van der Waals surface area contributed by atoms with Crippen LogP contribution >= 0.6 is 11.8 Å². The summed E-state index contributed by atoms with van der Waals surface area (Å²) in [5, 5.41) is 2.42. The van der Waals surface area contributed by atoms with Crippen LogP contribution in [0.25, 0.3) is 11.3 Å². The van der Waals surface area contributed by atoms with E-state index in [9.17, 15) is 18.0 Å². The molecule has 1 heterocycles. The first-order valence-corrected chi connectivity index (χ1v) is 10.7. The van der Waals surface area contributed by atoms with E-state index in [2.05, 4.69) is 10.3 Å². The molecule has 0 aliphatic heterocycles. The van der Waals surface area contributed by atoms with Gasteiger partial charge in [-0.3, -0.25) is 4.79 Å². The minimum Gasteiger partial charge on any atom is -0.325 e. The highest BCUT2D eigenvalue weighted by Gasteiger charge is 2.31. The third-order valence-corrected chi connectivity index (χ3v) is 5.91. The molecule has 0 aliphatic rings. The number of nitrogens with one attached hydrogen (secondary N) is 1. The lowest BCUT2D eigenvalue weighted by molar-refractivity contribution is -0.141. The van der Waals surface area contributed by atoms with Gasteiger partial charge in [0.05, 0.1) is 17.1 Å². The number of aromatic nitrogens is 2. The quantitative estimate of drug-likeness (QED) is 0.461. The van der Waals surface area contributed by atoms with E-state index in [1.165, 1.54) is 6.20 Å². The van der Waals surface area contributed by atoms with Crippen LogP contribution in [-0.2, 0) is 11.3 Å². The SMILES string of the molecule is Cc1cc(C)c(NC(=O)C(C)Sc2ncc(-c3ccccc3)n2CC(F)(F)F)c(C)c1. The zero-order chi connectivity index (χ0) is 22.8. The Morgan fingerprint density at radius 1 is 1.13 bits per heavy atom. The standard InChI is InChI=1S/C23H24F3N3OS/c1-14-10-15(2)20(16(3)11-14)28-21(30)17(4)31-22-27-12-19(18-8-6-5-7-9-18)29(22)13-23(24,25)26/h5-12,17H,13H2,1-4H3,(H,28,30). The lowest BCUT2D eigenvalue weighted by Gasteiger charge is -2.18. The number of amides is 1. The zero-order valence-electron chi connectivity index (χ0n) is 17.7. The Labute approximate surface area is 183 Å². The number of carbonyl (C=O) groups is 1. The van der Waals surface area contributed by atoms with Crippen molar-refractivity contribution < 1.29 is 18.0 Å². The summed E-state index contributed by atoms with van der Waals surface area (Å²) in [6.45, 7) is 6.29. The van der Waals surface area contributed by atoms with Crippen molar-refractivity contribution in [3.05, 3.63) is 65.4 Å². The van der Waals surface area contributed by atoms with Gasteiger partial charge in [0.25, 0.3) is 0 Å². The van der Waals surface area contributed by atoms with Gasteiger partial charge in [-0.1, -0.05) is 59.8 Å². The molecule has 3 rings (SSSR count). The van der Waals surface area contributed by atoms with Crippen LogP contribution in [0.15, 0.2) is 53.8 Å². The molecule has 1 aromatic heterocycles. The van der Waals surface area contributed by atoms with Crippen molar-refractivity contribution in [2.45, 2.75) is 50.8 Å². The van der Waals surface area contributed by atoms with E-state index in [-0.39, 0.29) is 11.1 Å². The lowest BCUT2D eigenvalue weighted by atomic mass is 10.1. The molecule has 2 aromatic carbocycles. The molecular formula is C23H24F3N3OS. The Hall–Kier alpha value is -2.74. The molecule has 1 unspecified atom stereocenters. The van der Waals surface area contributed by atoms with Crippen LogP contribution in [0, 0.1) is 20.8 Å². The number of carbonyl (C=O) groups excluding carboxylic acids is 1. The van der Waals surface area contributed by atoms with Crippen molar-refractivity contribution >= 4 is 23.4 Å². The Balaban J connectivity index is 1.84. The summed E-state index contributed by atoms with van der Waals surface area (Å²) in [4.78, 5) is 17.0. The van der Waals surface area contributed by atoms with E-state index in [4.69, 9.17) is 0 Å². The summed E-state index contributed by atoms with van der Waals surface area (Å²) in [5.41, 5.74) is 4.69. The van der Waals surface area contributed by atoms with Crippen molar-refractivity contribution in [3.8, 4) is 11.3 Å². The Morgan fingerprint density at radius 2 is 1.74 bits per heavy atom. The van der Waals surface area contributed by atoms with Gasteiger partial charge in [-0.2, -0.15) is 13.2 Å². The Bertz CT molecular complexity index is 1050. The molecule has 0 saturated heterocycles. The predicted molar refractivity (Wildman–Crippen MR) is 118 cm³/mol. The molecule has 3 aromatic rings. The average Bonchev–Trinajstić information content (AvgIpc) is 3.05. The highest BCUT2D eigenvalue weighted by Crippen LogP contribution is 2.32. The molecule has 1 atom stereocenters. The van der Waals surface area contributed by atoms with E-state index in [0.717, 1.165) is 38.7 Å². The molecule has 31 heavy (non-hydrogen) atoms. The second-order valence-electron chi connectivity index (χ2n) is 7.52. The van der Waals surface area contributed by atoms with Crippen LogP contribution in [-0.4, -0.2) is 26.9 Å². The number of aryl methyl sites for hydroxylation is 3. The number of thioether (sulfide) groups is 1.